The summed E-state index contributed by atoms with van der Waals surface area (Å²) in [5.74, 6) is 0.405. The number of anilines is 1. The summed E-state index contributed by atoms with van der Waals surface area (Å²) in [7, 11) is -3.60. The number of hydrogen-bond donors (Lipinski definition) is 2. The van der Waals surface area contributed by atoms with Crippen LogP contribution in [0.4, 0.5) is 5.69 Å². The van der Waals surface area contributed by atoms with Crippen LogP contribution in [-0.2, 0) is 14.8 Å². The SMILES string of the molecule is CC(=O)Nc1ccc(S(=O)(=O)NC2CCC(Oc3ccc(C)cn3)CC2)cc1. The smallest absolute Gasteiger partial charge is 0.240 e. The lowest BCUT2D eigenvalue weighted by Gasteiger charge is -2.29. The molecule has 1 aliphatic carbocycles. The van der Waals surface area contributed by atoms with Crippen LogP contribution in [0.5, 0.6) is 5.88 Å². The molecule has 0 unspecified atom stereocenters. The number of carbonyl (C=O) groups excluding carboxylic acids is 1. The first-order valence-electron chi connectivity index (χ1n) is 9.31. The first-order valence-corrected chi connectivity index (χ1v) is 10.8. The second kappa shape index (κ2) is 8.70. The molecule has 1 aromatic heterocycles. The Bertz CT molecular complexity index is 903. The summed E-state index contributed by atoms with van der Waals surface area (Å²) in [4.78, 5) is 15.5. The van der Waals surface area contributed by atoms with E-state index in [0.29, 0.717) is 24.4 Å². The maximum absolute atomic E-state index is 12.6. The summed E-state index contributed by atoms with van der Waals surface area (Å²) < 4.78 is 33.9. The molecule has 0 spiro atoms. The van der Waals surface area contributed by atoms with E-state index in [-0.39, 0.29) is 22.9 Å². The zero-order valence-electron chi connectivity index (χ0n) is 16.0. The predicted molar refractivity (Wildman–Crippen MR) is 107 cm³/mol. The molecule has 1 saturated carbocycles. The minimum Gasteiger partial charge on any atom is -0.474 e. The minimum atomic E-state index is -3.60. The monoisotopic (exact) mass is 403 g/mol. The maximum atomic E-state index is 12.6. The number of amides is 1. The lowest BCUT2D eigenvalue weighted by atomic mass is 9.94. The van der Waals surface area contributed by atoms with Crippen molar-refractivity contribution in [2.24, 2.45) is 0 Å². The molecule has 28 heavy (non-hydrogen) atoms. The van der Waals surface area contributed by atoms with E-state index < -0.39 is 10.0 Å². The Morgan fingerprint density at radius 1 is 1.07 bits per heavy atom. The van der Waals surface area contributed by atoms with Crippen LogP contribution < -0.4 is 14.8 Å². The normalized spacial score (nSPS) is 19.8. The Morgan fingerprint density at radius 2 is 1.75 bits per heavy atom. The number of ether oxygens (including phenoxy) is 1. The van der Waals surface area contributed by atoms with Crippen LogP contribution in [0, 0.1) is 6.92 Å². The van der Waals surface area contributed by atoms with E-state index in [1.165, 1.54) is 19.1 Å². The van der Waals surface area contributed by atoms with E-state index in [0.717, 1.165) is 18.4 Å². The van der Waals surface area contributed by atoms with Crippen molar-refractivity contribution >= 4 is 21.6 Å². The molecular weight excluding hydrogens is 378 g/mol. The molecule has 0 saturated heterocycles. The molecule has 2 aromatic rings. The number of hydrogen-bond acceptors (Lipinski definition) is 5. The van der Waals surface area contributed by atoms with Gasteiger partial charge in [0.05, 0.1) is 4.90 Å². The van der Waals surface area contributed by atoms with Gasteiger partial charge in [-0.15, -0.1) is 0 Å². The van der Waals surface area contributed by atoms with Gasteiger partial charge in [0.2, 0.25) is 21.8 Å². The number of nitrogens with zero attached hydrogens (tertiary/aromatic N) is 1. The van der Waals surface area contributed by atoms with Gasteiger partial charge in [0, 0.05) is 30.9 Å². The van der Waals surface area contributed by atoms with Crippen LogP contribution >= 0.6 is 0 Å². The van der Waals surface area contributed by atoms with E-state index >= 15 is 0 Å². The van der Waals surface area contributed by atoms with Crippen molar-refractivity contribution in [2.75, 3.05) is 5.32 Å². The van der Waals surface area contributed by atoms with Crippen LogP contribution in [0.2, 0.25) is 0 Å². The highest BCUT2D eigenvalue weighted by atomic mass is 32.2. The second-order valence-electron chi connectivity index (χ2n) is 7.09. The summed E-state index contributed by atoms with van der Waals surface area (Å²) in [6.45, 7) is 3.38. The Labute approximate surface area is 165 Å². The van der Waals surface area contributed by atoms with Crippen molar-refractivity contribution in [2.45, 2.75) is 56.6 Å². The average Bonchev–Trinajstić information content (AvgIpc) is 2.65. The summed E-state index contributed by atoms with van der Waals surface area (Å²) in [6, 6.07) is 9.83. The number of nitrogens with one attached hydrogen (secondary N) is 2. The quantitative estimate of drug-likeness (QED) is 0.773. The molecule has 0 radical (unpaired) electrons. The van der Waals surface area contributed by atoms with Crippen LogP contribution in [0.15, 0.2) is 47.5 Å². The number of carbonyl (C=O) groups is 1. The molecule has 1 aliphatic rings. The molecule has 3 rings (SSSR count). The fourth-order valence-electron chi connectivity index (χ4n) is 3.20. The molecule has 8 heteroatoms. The van der Waals surface area contributed by atoms with Crippen molar-refractivity contribution in [3.8, 4) is 5.88 Å². The fourth-order valence-corrected chi connectivity index (χ4v) is 4.51. The summed E-state index contributed by atoms with van der Waals surface area (Å²) in [5.41, 5.74) is 1.64. The van der Waals surface area contributed by atoms with Crippen LogP contribution in [0.1, 0.15) is 38.2 Å². The van der Waals surface area contributed by atoms with E-state index in [1.807, 2.05) is 19.1 Å². The van der Waals surface area contributed by atoms with Crippen molar-refractivity contribution < 1.29 is 17.9 Å². The third-order valence-electron chi connectivity index (χ3n) is 4.65. The topological polar surface area (TPSA) is 97.4 Å². The average molecular weight is 404 g/mol. The number of pyridine rings is 1. The van der Waals surface area contributed by atoms with Gasteiger partial charge in [0.25, 0.3) is 0 Å². The number of aromatic nitrogens is 1. The standard InChI is InChI=1S/C20H25N3O4S/c1-14-3-12-20(21-13-14)27-18-8-4-17(5-9-18)23-28(25,26)19-10-6-16(7-11-19)22-15(2)24/h3,6-7,10-13,17-18,23H,4-5,8-9H2,1-2H3,(H,22,24). The number of sulfonamides is 1. The highest BCUT2D eigenvalue weighted by molar-refractivity contribution is 7.89. The molecule has 1 amide bonds. The highest BCUT2D eigenvalue weighted by Gasteiger charge is 2.26. The Kier molecular flexibility index (Phi) is 6.31. The van der Waals surface area contributed by atoms with E-state index in [2.05, 4.69) is 15.0 Å². The molecule has 2 N–H and O–H groups in total. The summed E-state index contributed by atoms with van der Waals surface area (Å²) >= 11 is 0. The van der Waals surface area contributed by atoms with Crippen LogP contribution in [0.3, 0.4) is 0 Å². The molecule has 1 heterocycles. The van der Waals surface area contributed by atoms with Crippen molar-refractivity contribution in [3.05, 3.63) is 48.2 Å². The maximum Gasteiger partial charge on any atom is 0.240 e. The first-order chi connectivity index (χ1) is 13.3. The second-order valence-corrected chi connectivity index (χ2v) is 8.81. The Hall–Kier alpha value is -2.45. The summed E-state index contributed by atoms with van der Waals surface area (Å²) in [5, 5.41) is 2.62. The zero-order valence-corrected chi connectivity index (χ0v) is 16.8. The summed E-state index contributed by atoms with van der Waals surface area (Å²) in [6.07, 6.45) is 4.77. The van der Waals surface area contributed by atoms with Gasteiger partial charge in [0.1, 0.15) is 6.10 Å². The van der Waals surface area contributed by atoms with Gasteiger partial charge in [-0.1, -0.05) is 6.07 Å². The van der Waals surface area contributed by atoms with E-state index in [4.69, 9.17) is 4.74 Å². The van der Waals surface area contributed by atoms with Crippen LogP contribution in [-0.4, -0.2) is 31.5 Å². The predicted octanol–water partition coefficient (Wildman–Crippen LogP) is 3.02. The molecule has 1 aromatic carbocycles. The highest BCUT2D eigenvalue weighted by Crippen LogP contribution is 2.24. The molecule has 0 atom stereocenters. The van der Waals surface area contributed by atoms with Gasteiger partial charge in [-0.2, -0.15) is 0 Å². The van der Waals surface area contributed by atoms with Gasteiger partial charge in [0.15, 0.2) is 0 Å². The van der Waals surface area contributed by atoms with Crippen molar-refractivity contribution in [1.82, 2.24) is 9.71 Å². The Balaban J connectivity index is 1.53. The molecular formula is C20H25N3O4S. The lowest BCUT2D eigenvalue weighted by Crippen LogP contribution is -2.39. The molecule has 1 fully saturated rings. The zero-order chi connectivity index (χ0) is 20.1. The third-order valence-corrected chi connectivity index (χ3v) is 6.19. The number of aryl methyl sites for hydroxylation is 1. The van der Waals surface area contributed by atoms with E-state index in [9.17, 15) is 13.2 Å². The van der Waals surface area contributed by atoms with E-state index in [1.54, 1.807) is 18.3 Å². The lowest BCUT2D eigenvalue weighted by molar-refractivity contribution is -0.114. The minimum absolute atomic E-state index is 0.0490. The molecule has 0 aliphatic heterocycles. The van der Waals surface area contributed by atoms with Crippen molar-refractivity contribution in [1.29, 1.82) is 0 Å². The van der Waals surface area contributed by atoms with Gasteiger partial charge in [-0.05, 0) is 62.4 Å². The first kappa shape index (κ1) is 20.3. The molecule has 7 nitrogen and oxygen atoms in total. The van der Waals surface area contributed by atoms with Gasteiger partial charge in [-0.3, -0.25) is 4.79 Å². The van der Waals surface area contributed by atoms with Crippen LogP contribution in [0.25, 0.3) is 0 Å². The number of benzene rings is 1. The largest absolute Gasteiger partial charge is 0.474 e. The number of rotatable bonds is 6. The Morgan fingerprint density at radius 3 is 2.32 bits per heavy atom. The fraction of sp³-hybridized carbons (Fsp3) is 0.400. The van der Waals surface area contributed by atoms with Gasteiger partial charge < -0.3 is 10.1 Å². The van der Waals surface area contributed by atoms with Crippen molar-refractivity contribution in [3.63, 3.8) is 0 Å². The molecule has 150 valence electrons. The van der Waals surface area contributed by atoms with Gasteiger partial charge >= 0.3 is 0 Å². The third kappa shape index (κ3) is 5.53. The molecule has 0 bridgehead atoms. The van der Waals surface area contributed by atoms with Gasteiger partial charge in [-0.25, -0.2) is 18.1 Å².